The van der Waals surface area contributed by atoms with Gasteiger partial charge in [0.15, 0.2) is 0 Å². The lowest BCUT2D eigenvalue weighted by Crippen LogP contribution is -2.40. The Bertz CT molecular complexity index is 310. The van der Waals surface area contributed by atoms with Crippen molar-refractivity contribution in [2.24, 2.45) is 18.7 Å². The number of nitrogens with zero attached hydrogens (tertiary/aromatic N) is 3. The van der Waals surface area contributed by atoms with Gasteiger partial charge in [-0.2, -0.15) is 0 Å². The Balaban J connectivity index is 1.97. The molecule has 4 nitrogen and oxygen atoms in total. The number of hydrogen-bond donors (Lipinski definition) is 1. The number of aryl methyl sites for hydroxylation is 1. The topological polar surface area (TPSA) is 47.1 Å². The number of aromatic nitrogens is 2. The van der Waals surface area contributed by atoms with Crippen LogP contribution in [0.25, 0.3) is 0 Å². The van der Waals surface area contributed by atoms with Gasteiger partial charge in [0.25, 0.3) is 0 Å². The highest BCUT2D eigenvalue weighted by Gasteiger charge is 2.23. The van der Waals surface area contributed by atoms with Gasteiger partial charge in [-0.3, -0.25) is 0 Å². The highest BCUT2D eigenvalue weighted by Crippen LogP contribution is 2.22. The molecule has 1 unspecified atom stereocenters. The van der Waals surface area contributed by atoms with Crippen LogP contribution in [0.4, 0.5) is 5.95 Å². The standard InChI is InChI=1S/C11H20N4/c1-9(12)10-3-6-15(7-4-10)11-13-5-8-14(11)2/h5,8-10H,3-4,6-7,12H2,1-2H3. The zero-order valence-electron chi connectivity index (χ0n) is 9.56. The first-order valence-electron chi connectivity index (χ1n) is 5.66. The molecule has 1 fully saturated rings. The molecule has 0 amide bonds. The van der Waals surface area contributed by atoms with Crippen molar-refractivity contribution < 1.29 is 0 Å². The van der Waals surface area contributed by atoms with Crippen molar-refractivity contribution in [1.29, 1.82) is 0 Å². The van der Waals surface area contributed by atoms with Crippen LogP contribution in [-0.4, -0.2) is 28.7 Å². The van der Waals surface area contributed by atoms with Crippen LogP contribution < -0.4 is 10.6 Å². The lowest BCUT2D eigenvalue weighted by Gasteiger charge is -2.34. The van der Waals surface area contributed by atoms with E-state index in [9.17, 15) is 0 Å². The van der Waals surface area contributed by atoms with E-state index >= 15 is 0 Å². The average Bonchev–Trinajstić information content (AvgIpc) is 2.65. The number of hydrogen-bond acceptors (Lipinski definition) is 3. The van der Waals surface area contributed by atoms with Gasteiger partial charge in [0.1, 0.15) is 0 Å². The number of rotatable bonds is 2. The largest absolute Gasteiger partial charge is 0.342 e. The Kier molecular flexibility index (Phi) is 2.95. The van der Waals surface area contributed by atoms with E-state index in [4.69, 9.17) is 5.73 Å². The van der Waals surface area contributed by atoms with E-state index in [0.717, 1.165) is 19.0 Å². The summed E-state index contributed by atoms with van der Waals surface area (Å²) in [4.78, 5) is 6.71. The number of imidazole rings is 1. The molecule has 0 aromatic carbocycles. The third kappa shape index (κ3) is 2.15. The number of piperidine rings is 1. The molecule has 0 saturated carbocycles. The Morgan fingerprint density at radius 3 is 2.60 bits per heavy atom. The van der Waals surface area contributed by atoms with Gasteiger partial charge < -0.3 is 15.2 Å². The van der Waals surface area contributed by atoms with Gasteiger partial charge in [0.05, 0.1) is 0 Å². The molecule has 0 radical (unpaired) electrons. The summed E-state index contributed by atoms with van der Waals surface area (Å²) in [5.74, 6) is 1.76. The maximum atomic E-state index is 5.92. The van der Waals surface area contributed by atoms with Crippen molar-refractivity contribution in [3.63, 3.8) is 0 Å². The molecule has 84 valence electrons. The van der Waals surface area contributed by atoms with E-state index in [2.05, 4.69) is 21.4 Å². The van der Waals surface area contributed by atoms with Crippen molar-refractivity contribution in [1.82, 2.24) is 9.55 Å². The van der Waals surface area contributed by atoms with Crippen LogP contribution in [0.15, 0.2) is 12.4 Å². The predicted octanol–water partition coefficient (Wildman–Crippen LogP) is 0.984. The number of nitrogens with two attached hydrogens (primary N) is 1. The zero-order chi connectivity index (χ0) is 10.8. The molecule has 15 heavy (non-hydrogen) atoms. The minimum absolute atomic E-state index is 0.327. The van der Waals surface area contributed by atoms with Crippen LogP contribution in [0.2, 0.25) is 0 Å². The summed E-state index contributed by atoms with van der Waals surface area (Å²) in [7, 11) is 2.04. The quantitative estimate of drug-likeness (QED) is 0.788. The molecule has 2 N–H and O–H groups in total. The Morgan fingerprint density at radius 2 is 2.13 bits per heavy atom. The van der Waals surface area contributed by atoms with Crippen molar-refractivity contribution in [2.75, 3.05) is 18.0 Å². The lowest BCUT2D eigenvalue weighted by atomic mass is 9.91. The van der Waals surface area contributed by atoms with Crippen LogP contribution in [0.3, 0.4) is 0 Å². The van der Waals surface area contributed by atoms with E-state index in [1.165, 1.54) is 12.8 Å². The molecule has 0 bridgehead atoms. The molecular weight excluding hydrogens is 188 g/mol. The average molecular weight is 208 g/mol. The summed E-state index contributed by atoms with van der Waals surface area (Å²) in [5, 5.41) is 0. The second-order valence-corrected chi connectivity index (χ2v) is 4.52. The van der Waals surface area contributed by atoms with Crippen molar-refractivity contribution >= 4 is 5.95 Å². The van der Waals surface area contributed by atoms with Crippen molar-refractivity contribution in [3.05, 3.63) is 12.4 Å². The van der Waals surface area contributed by atoms with Crippen LogP contribution in [-0.2, 0) is 7.05 Å². The molecule has 1 saturated heterocycles. The molecule has 0 spiro atoms. The van der Waals surface area contributed by atoms with Gasteiger partial charge in [-0.05, 0) is 25.7 Å². The number of anilines is 1. The molecule has 2 heterocycles. The van der Waals surface area contributed by atoms with Crippen molar-refractivity contribution in [3.8, 4) is 0 Å². The third-order valence-corrected chi connectivity index (χ3v) is 3.36. The summed E-state index contributed by atoms with van der Waals surface area (Å²) < 4.78 is 2.08. The monoisotopic (exact) mass is 208 g/mol. The van der Waals surface area contributed by atoms with Crippen LogP contribution in [0.1, 0.15) is 19.8 Å². The first-order chi connectivity index (χ1) is 7.18. The van der Waals surface area contributed by atoms with Gasteiger partial charge >= 0.3 is 0 Å². The minimum atomic E-state index is 0.327. The SMILES string of the molecule is CC(N)C1CCN(c2nccn2C)CC1. The van der Waals surface area contributed by atoms with E-state index in [0.29, 0.717) is 12.0 Å². The molecule has 1 aliphatic heterocycles. The van der Waals surface area contributed by atoms with Gasteiger partial charge in [-0.15, -0.1) is 0 Å². The predicted molar refractivity (Wildman–Crippen MR) is 61.8 cm³/mol. The fourth-order valence-electron chi connectivity index (χ4n) is 2.29. The van der Waals surface area contributed by atoms with E-state index in [1.54, 1.807) is 0 Å². The van der Waals surface area contributed by atoms with Gasteiger partial charge in [0.2, 0.25) is 5.95 Å². The Hall–Kier alpha value is -1.03. The Labute approximate surface area is 91.1 Å². The molecule has 1 atom stereocenters. The first-order valence-corrected chi connectivity index (χ1v) is 5.66. The summed E-state index contributed by atoms with van der Waals surface area (Å²) in [6.45, 7) is 4.27. The smallest absolute Gasteiger partial charge is 0.205 e. The van der Waals surface area contributed by atoms with Crippen LogP contribution in [0, 0.1) is 5.92 Å². The fraction of sp³-hybridized carbons (Fsp3) is 0.727. The summed E-state index contributed by atoms with van der Waals surface area (Å²) in [5.41, 5.74) is 5.92. The Morgan fingerprint density at radius 1 is 1.47 bits per heavy atom. The highest BCUT2D eigenvalue weighted by atomic mass is 15.3. The summed E-state index contributed by atoms with van der Waals surface area (Å²) in [6.07, 6.45) is 6.22. The minimum Gasteiger partial charge on any atom is -0.342 e. The fourth-order valence-corrected chi connectivity index (χ4v) is 2.29. The lowest BCUT2D eigenvalue weighted by molar-refractivity contribution is 0.351. The molecule has 1 aliphatic rings. The zero-order valence-corrected chi connectivity index (χ0v) is 9.56. The second-order valence-electron chi connectivity index (χ2n) is 4.52. The molecule has 1 aromatic heterocycles. The molecule has 1 aromatic rings. The normalized spacial score (nSPS) is 20.6. The van der Waals surface area contributed by atoms with Crippen LogP contribution >= 0.6 is 0 Å². The van der Waals surface area contributed by atoms with Gasteiger partial charge in [-0.1, -0.05) is 0 Å². The van der Waals surface area contributed by atoms with E-state index < -0.39 is 0 Å². The van der Waals surface area contributed by atoms with E-state index in [-0.39, 0.29) is 0 Å². The van der Waals surface area contributed by atoms with Crippen molar-refractivity contribution in [2.45, 2.75) is 25.8 Å². The first kappa shape index (κ1) is 10.5. The van der Waals surface area contributed by atoms with Gasteiger partial charge in [0, 0.05) is 38.6 Å². The summed E-state index contributed by atoms with van der Waals surface area (Å²) in [6, 6.07) is 0.327. The molecule has 4 heteroatoms. The molecule has 2 rings (SSSR count). The molecule has 0 aliphatic carbocycles. The van der Waals surface area contributed by atoms with Gasteiger partial charge in [-0.25, -0.2) is 4.98 Å². The maximum Gasteiger partial charge on any atom is 0.205 e. The van der Waals surface area contributed by atoms with E-state index in [1.807, 2.05) is 19.4 Å². The third-order valence-electron chi connectivity index (χ3n) is 3.36. The van der Waals surface area contributed by atoms with Crippen LogP contribution in [0.5, 0.6) is 0 Å². The molecular formula is C11H20N4. The summed E-state index contributed by atoms with van der Waals surface area (Å²) >= 11 is 0. The highest BCUT2D eigenvalue weighted by molar-refractivity contribution is 5.31. The maximum absolute atomic E-state index is 5.92. The second kappa shape index (κ2) is 4.23.